The van der Waals surface area contributed by atoms with E-state index in [1.807, 2.05) is 0 Å². The Morgan fingerprint density at radius 3 is 2.23 bits per heavy atom. The molecule has 1 unspecified atom stereocenters. The average Bonchev–Trinajstić information content (AvgIpc) is 3.13. The van der Waals surface area contributed by atoms with Crippen molar-refractivity contribution < 1.29 is 37.0 Å². The first kappa shape index (κ1) is 26.8. The highest BCUT2D eigenvalue weighted by Gasteiger charge is 2.47. The Labute approximate surface area is 208 Å². The molecule has 2 aromatic rings. The molecule has 0 bridgehead atoms. The Morgan fingerprint density at radius 2 is 1.69 bits per heavy atom. The van der Waals surface area contributed by atoms with Crippen molar-refractivity contribution in [3.05, 3.63) is 59.1 Å². The molecule has 35 heavy (non-hydrogen) atoms. The van der Waals surface area contributed by atoms with Gasteiger partial charge in [0.15, 0.2) is 6.29 Å². The van der Waals surface area contributed by atoms with E-state index in [4.69, 9.17) is 25.8 Å². The first-order valence-corrected chi connectivity index (χ1v) is 12.4. The van der Waals surface area contributed by atoms with Crippen LogP contribution < -0.4 is 4.90 Å². The first-order chi connectivity index (χ1) is 16.6. The summed E-state index contributed by atoms with van der Waals surface area (Å²) in [5, 5.41) is 0.340. The van der Waals surface area contributed by atoms with Gasteiger partial charge in [-0.15, -0.1) is 0 Å². The minimum absolute atomic E-state index is 0.106. The zero-order chi connectivity index (χ0) is 25.8. The lowest BCUT2D eigenvalue weighted by Crippen LogP contribution is -2.49. The maximum Gasteiger partial charge on any atom is 0.338 e. The third-order valence-electron chi connectivity index (χ3n) is 5.38. The molecule has 1 atom stereocenters. The molecule has 0 aromatic heterocycles. The lowest BCUT2D eigenvalue weighted by atomic mass is 10.2. The number of carbonyl (C=O) groups is 3. The number of hydrogen-bond acceptors (Lipinski definition) is 8. The second kappa shape index (κ2) is 11.3. The van der Waals surface area contributed by atoms with E-state index < -0.39 is 40.1 Å². The van der Waals surface area contributed by atoms with E-state index in [9.17, 15) is 22.8 Å². The van der Waals surface area contributed by atoms with E-state index in [2.05, 4.69) is 0 Å². The van der Waals surface area contributed by atoms with Gasteiger partial charge in [0.05, 0.1) is 35.7 Å². The Kier molecular flexibility index (Phi) is 8.62. The van der Waals surface area contributed by atoms with Crippen LogP contribution in [0.15, 0.2) is 53.4 Å². The fourth-order valence-corrected chi connectivity index (χ4v) is 5.29. The maximum atomic E-state index is 13.5. The van der Waals surface area contributed by atoms with Crippen LogP contribution in [0.5, 0.6) is 0 Å². The minimum Gasteiger partial charge on any atom is -0.462 e. The quantitative estimate of drug-likeness (QED) is 0.264. The number of anilines is 1. The summed E-state index contributed by atoms with van der Waals surface area (Å²) in [5.41, 5.74) is 0.454. The molecule has 1 aliphatic rings. The molecule has 0 aliphatic carbocycles. The van der Waals surface area contributed by atoms with Crippen molar-refractivity contribution in [3.63, 3.8) is 0 Å². The normalized spacial score (nSPS) is 16.4. The van der Waals surface area contributed by atoms with Gasteiger partial charge in [0, 0.05) is 19.2 Å². The smallest absolute Gasteiger partial charge is 0.338 e. The number of halogens is 1. The third kappa shape index (κ3) is 5.71. The van der Waals surface area contributed by atoms with Crippen molar-refractivity contribution in [1.29, 1.82) is 0 Å². The van der Waals surface area contributed by atoms with Crippen LogP contribution in [-0.2, 0) is 33.8 Å². The monoisotopic (exact) mass is 524 g/mol. The Balaban J connectivity index is 1.95. The predicted octanol–water partition coefficient (Wildman–Crippen LogP) is 2.46. The van der Waals surface area contributed by atoms with Gasteiger partial charge in [0.2, 0.25) is 15.9 Å². The summed E-state index contributed by atoms with van der Waals surface area (Å²) in [4.78, 5) is 38.9. The summed E-state index contributed by atoms with van der Waals surface area (Å²) in [7, 11) is -1.58. The number of amides is 2. The topological polar surface area (TPSA) is 120 Å². The molecule has 0 N–H and O–H groups in total. The Morgan fingerprint density at radius 1 is 1.09 bits per heavy atom. The molecule has 1 heterocycles. The molecule has 1 fully saturated rings. The fraction of sp³-hybridized carbons (Fsp3) is 0.348. The molecule has 0 saturated carbocycles. The number of sulfonamides is 1. The van der Waals surface area contributed by atoms with Crippen molar-refractivity contribution in [2.24, 2.45) is 0 Å². The fourth-order valence-electron chi connectivity index (χ4n) is 3.60. The van der Waals surface area contributed by atoms with Crippen LogP contribution in [0.4, 0.5) is 5.69 Å². The zero-order valence-corrected chi connectivity index (χ0v) is 20.9. The molecular formula is C23H25ClN2O8S. The van der Waals surface area contributed by atoms with Gasteiger partial charge in [-0.1, -0.05) is 11.6 Å². The molecule has 2 amide bonds. The van der Waals surface area contributed by atoms with E-state index in [-0.39, 0.29) is 35.7 Å². The summed E-state index contributed by atoms with van der Waals surface area (Å²) in [6.45, 7) is 1.54. The number of imide groups is 1. The zero-order valence-electron chi connectivity index (χ0n) is 19.3. The summed E-state index contributed by atoms with van der Waals surface area (Å²) < 4.78 is 43.2. The van der Waals surface area contributed by atoms with Gasteiger partial charge in [-0.3, -0.25) is 9.59 Å². The highest BCUT2D eigenvalue weighted by molar-refractivity contribution is 7.89. The SMILES string of the molecule is CCOC(=O)c1ccc(N2C(=O)CC(N(CC(OC)OC)S(=O)(=O)c3ccc(Cl)cc3)C2=O)cc1. The molecule has 3 rings (SSSR count). The molecule has 1 aliphatic heterocycles. The summed E-state index contributed by atoms with van der Waals surface area (Å²) in [6.07, 6.45) is -1.37. The lowest BCUT2D eigenvalue weighted by molar-refractivity contribution is -0.125. The van der Waals surface area contributed by atoms with Gasteiger partial charge in [-0.25, -0.2) is 18.1 Å². The van der Waals surface area contributed by atoms with Crippen LogP contribution in [0.1, 0.15) is 23.7 Å². The number of methoxy groups -OCH3 is 2. The van der Waals surface area contributed by atoms with E-state index >= 15 is 0 Å². The van der Waals surface area contributed by atoms with Crippen molar-refractivity contribution in [1.82, 2.24) is 4.31 Å². The van der Waals surface area contributed by atoms with Crippen LogP contribution in [-0.4, -0.2) is 70.2 Å². The number of rotatable bonds is 10. The molecule has 12 heteroatoms. The second-order valence-electron chi connectivity index (χ2n) is 7.48. The minimum atomic E-state index is -4.25. The molecule has 188 valence electrons. The van der Waals surface area contributed by atoms with Crippen molar-refractivity contribution in [2.75, 3.05) is 32.3 Å². The van der Waals surface area contributed by atoms with Crippen molar-refractivity contribution in [2.45, 2.75) is 30.6 Å². The van der Waals surface area contributed by atoms with Gasteiger partial charge in [0.25, 0.3) is 5.91 Å². The standard InChI is InChI=1S/C23H25ClN2O8S/c1-4-34-23(29)15-5-9-17(10-6-15)26-20(27)13-19(22(26)28)25(14-21(32-2)33-3)35(30,31)18-11-7-16(24)8-12-18/h5-12,19,21H,4,13-14H2,1-3H3. The van der Waals surface area contributed by atoms with E-state index in [0.29, 0.717) is 5.02 Å². The number of hydrogen-bond donors (Lipinski definition) is 0. The van der Waals surface area contributed by atoms with E-state index in [1.54, 1.807) is 6.92 Å². The van der Waals surface area contributed by atoms with Crippen LogP contribution >= 0.6 is 11.6 Å². The number of ether oxygens (including phenoxy) is 3. The molecule has 2 aromatic carbocycles. The van der Waals surface area contributed by atoms with Gasteiger partial charge < -0.3 is 14.2 Å². The molecule has 0 spiro atoms. The van der Waals surface area contributed by atoms with E-state index in [0.717, 1.165) is 9.21 Å². The van der Waals surface area contributed by atoms with Crippen LogP contribution in [0.2, 0.25) is 5.02 Å². The predicted molar refractivity (Wildman–Crippen MR) is 126 cm³/mol. The largest absolute Gasteiger partial charge is 0.462 e. The summed E-state index contributed by atoms with van der Waals surface area (Å²) in [5.74, 6) is -1.87. The molecule has 0 radical (unpaired) electrons. The van der Waals surface area contributed by atoms with Crippen LogP contribution in [0.25, 0.3) is 0 Å². The van der Waals surface area contributed by atoms with Gasteiger partial charge in [-0.2, -0.15) is 4.31 Å². The van der Waals surface area contributed by atoms with Gasteiger partial charge in [0.1, 0.15) is 6.04 Å². The highest BCUT2D eigenvalue weighted by atomic mass is 35.5. The number of benzene rings is 2. The average molecular weight is 525 g/mol. The number of nitrogens with zero attached hydrogens (tertiary/aromatic N) is 2. The van der Waals surface area contributed by atoms with Gasteiger partial charge in [-0.05, 0) is 55.5 Å². The Bertz CT molecular complexity index is 1180. The van der Waals surface area contributed by atoms with Crippen molar-refractivity contribution >= 4 is 45.1 Å². The highest BCUT2D eigenvalue weighted by Crippen LogP contribution is 2.30. The first-order valence-electron chi connectivity index (χ1n) is 10.6. The number of esters is 1. The van der Waals surface area contributed by atoms with Crippen LogP contribution in [0, 0.1) is 0 Å². The van der Waals surface area contributed by atoms with Crippen LogP contribution in [0.3, 0.4) is 0 Å². The molecule has 10 nitrogen and oxygen atoms in total. The second-order valence-corrected chi connectivity index (χ2v) is 9.81. The number of carbonyl (C=O) groups excluding carboxylic acids is 3. The summed E-state index contributed by atoms with van der Waals surface area (Å²) in [6, 6.07) is 9.82. The Hall–Kier alpha value is -2.83. The maximum absolute atomic E-state index is 13.5. The molecule has 1 saturated heterocycles. The molecular weight excluding hydrogens is 500 g/mol. The summed E-state index contributed by atoms with van der Waals surface area (Å²) >= 11 is 5.89. The van der Waals surface area contributed by atoms with E-state index in [1.165, 1.54) is 62.8 Å². The third-order valence-corrected chi connectivity index (χ3v) is 7.52. The lowest BCUT2D eigenvalue weighted by Gasteiger charge is -2.29. The van der Waals surface area contributed by atoms with Gasteiger partial charge >= 0.3 is 5.97 Å². The van der Waals surface area contributed by atoms with Crippen molar-refractivity contribution in [3.8, 4) is 0 Å².